The smallest absolute Gasteiger partial charge is 0.222 e. The summed E-state index contributed by atoms with van der Waals surface area (Å²) in [5, 5.41) is 6.11. The van der Waals surface area contributed by atoms with E-state index in [-0.39, 0.29) is 5.91 Å². The molecule has 0 aliphatic carbocycles. The van der Waals surface area contributed by atoms with E-state index < -0.39 is 0 Å². The van der Waals surface area contributed by atoms with Crippen LogP contribution in [-0.4, -0.2) is 38.3 Å². The minimum atomic E-state index is 0.0518. The van der Waals surface area contributed by atoms with Crippen molar-refractivity contribution in [2.24, 2.45) is 0 Å². The number of unbranched alkanes of at least 4 members (excludes halogenated alkanes) is 1. The lowest BCUT2D eigenvalue weighted by Gasteiger charge is -2.22. The van der Waals surface area contributed by atoms with Gasteiger partial charge in [0.2, 0.25) is 5.91 Å². The number of hydrogen-bond donors (Lipinski definition) is 2. The van der Waals surface area contributed by atoms with Gasteiger partial charge in [0.05, 0.1) is 12.7 Å². The van der Waals surface area contributed by atoms with Gasteiger partial charge in [-0.3, -0.25) is 4.79 Å². The number of rotatable bonds is 7. The van der Waals surface area contributed by atoms with Gasteiger partial charge in [0.25, 0.3) is 0 Å². The van der Waals surface area contributed by atoms with Gasteiger partial charge in [-0.25, -0.2) is 0 Å². The molecule has 1 amide bonds. The van der Waals surface area contributed by atoms with E-state index in [1.807, 2.05) is 0 Å². The monoisotopic (exact) mass is 238 g/mol. The topological polar surface area (TPSA) is 50.4 Å². The highest BCUT2D eigenvalue weighted by atomic mass is 16.5. The van der Waals surface area contributed by atoms with Crippen LogP contribution in [0.1, 0.15) is 32.1 Å². The first-order chi connectivity index (χ1) is 8.33. The Labute approximate surface area is 103 Å². The van der Waals surface area contributed by atoms with Crippen LogP contribution in [0.5, 0.6) is 0 Å². The fraction of sp³-hybridized carbons (Fsp3) is 0.769. The zero-order valence-corrected chi connectivity index (χ0v) is 10.3. The van der Waals surface area contributed by atoms with Gasteiger partial charge in [0.15, 0.2) is 0 Å². The van der Waals surface area contributed by atoms with Crippen molar-refractivity contribution in [3.05, 3.63) is 0 Å². The molecule has 1 saturated heterocycles. The summed E-state index contributed by atoms with van der Waals surface area (Å²) >= 11 is 0. The molecule has 1 aliphatic heterocycles. The highest BCUT2D eigenvalue weighted by molar-refractivity contribution is 5.75. The second-order valence-electron chi connectivity index (χ2n) is 4.23. The Balaban J connectivity index is 1.94. The van der Waals surface area contributed by atoms with Crippen LogP contribution in [0.3, 0.4) is 0 Å². The van der Waals surface area contributed by atoms with E-state index in [9.17, 15) is 4.79 Å². The van der Waals surface area contributed by atoms with E-state index in [0.717, 1.165) is 32.4 Å². The number of carbonyl (C=O) groups excluding carboxylic acids is 1. The average Bonchev–Trinajstić information content (AvgIpc) is 2.36. The molecule has 0 spiro atoms. The highest BCUT2D eigenvalue weighted by Gasteiger charge is 2.13. The number of amides is 1. The summed E-state index contributed by atoms with van der Waals surface area (Å²) in [6.45, 7) is 3.22. The first-order valence-corrected chi connectivity index (χ1v) is 6.35. The molecule has 1 aliphatic rings. The van der Waals surface area contributed by atoms with Crippen molar-refractivity contribution in [1.82, 2.24) is 10.6 Å². The molecule has 0 unspecified atom stereocenters. The molecule has 0 atom stereocenters. The lowest BCUT2D eigenvalue weighted by Crippen LogP contribution is -2.33. The third kappa shape index (κ3) is 6.98. The maximum absolute atomic E-state index is 11.4. The lowest BCUT2D eigenvalue weighted by atomic mass is 10.1. The van der Waals surface area contributed by atoms with Crippen LogP contribution in [0.4, 0.5) is 0 Å². The maximum atomic E-state index is 11.4. The fourth-order valence-corrected chi connectivity index (χ4v) is 1.79. The Hall–Kier alpha value is -1.05. The molecule has 1 fully saturated rings. The number of terminal acetylenes is 1. The van der Waals surface area contributed by atoms with E-state index in [4.69, 9.17) is 11.2 Å². The average molecular weight is 238 g/mol. The summed E-state index contributed by atoms with van der Waals surface area (Å²) in [4.78, 5) is 11.4. The van der Waals surface area contributed by atoms with Crippen LogP contribution in [0, 0.1) is 12.3 Å². The zero-order valence-electron chi connectivity index (χ0n) is 10.3. The van der Waals surface area contributed by atoms with Crippen molar-refractivity contribution < 1.29 is 9.53 Å². The zero-order chi connectivity index (χ0) is 12.3. The van der Waals surface area contributed by atoms with Crippen molar-refractivity contribution in [3.63, 3.8) is 0 Å². The van der Waals surface area contributed by atoms with Crippen molar-refractivity contribution in [3.8, 4) is 12.3 Å². The Bertz CT molecular complexity index is 255. The molecule has 96 valence electrons. The largest absolute Gasteiger partial charge is 0.378 e. The van der Waals surface area contributed by atoms with Crippen LogP contribution < -0.4 is 10.6 Å². The third-order valence-corrected chi connectivity index (χ3v) is 2.79. The number of nitrogens with one attached hydrogen (secondary N) is 2. The summed E-state index contributed by atoms with van der Waals surface area (Å²) in [6.07, 6.45) is 9.54. The summed E-state index contributed by atoms with van der Waals surface area (Å²) in [7, 11) is 0. The van der Waals surface area contributed by atoms with Gasteiger partial charge in [-0.15, -0.1) is 12.3 Å². The number of carbonyl (C=O) groups is 1. The van der Waals surface area contributed by atoms with Crippen molar-refractivity contribution in [1.29, 1.82) is 0 Å². The van der Waals surface area contributed by atoms with Gasteiger partial charge in [-0.2, -0.15) is 0 Å². The van der Waals surface area contributed by atoms with E-state index >= 15 is 0 Å². The van der Waals surface area contributed by atoms with Crippen LogP contribution in [0.25, 0.3) is 0 Å². The summed E-state index contributed by atoms with van der Waals surface area (Å²) in [5.74, 6) is 2.60. The molecule has 0 aromatic rings. The maximum Gasteiger partial charge on any atom is 0.222 e. The lowest BCUT2D eigenvalue weighted by molar-refractivity contribution is -0.122. The van der Waals surface area contributed by atoms with Gasteiger partial charge in [-0.1, -0.05) is 0 Å². The van der Waals surface area contributed by atoms with Crippen LogP contribution >= 0.6 is 0 Å². The predicted molar refractivity (Wildman–Crippen MR) is 67.5 cm³/mol. The van der Waals surface area contributed by atoms with Gasteiger partial charge in [-0.05, 0) is 32.4 Å². The van der Waals surface area contributed by atoms with Gasteiger partial charge in [0.1, 0.15) is 0 Å². The van der Waals surface area contributed by atoms with E-state index in [2.05, 4.69) is 16.6 Å². The molecule has 4 heteroatoms. The third-order valence-electron chi connectivity index (χ3n) is 2.79. The van der Waals surface area contributed by atoms with Gasteiger partial charge >= 0.3 is 0 Å². The predicted octanol–water partition coefficient (Wildman–Crippen LogP) is 0.675. The molecule has 17 heavy (non-hydrogen) atoms. The second kappa shape index (κ2) is 9.03. The summed E-state index contributed by atoms with van der Waals surface area (Å²) in [6, 6.07) is 0. The number of hydrogen-bond acceptors (Lipinski definition) is 3. The molecule has 0 saturated carbocycles. The molecule has 1 heterocycles. The molecule has 0 bridgehead atoms. The summed E-state index contributed by atoms with van der Waals surface area (Å²) < 4.78 is 5.65. The van der Waals surface area contributed by atoms with E-state index in [1.165, 1.54) is 0 Å². The Morgan fingerprint density at radius 2 is 2.24 bits per heavy atom. The first-order valence-electron chi connectivity index (χ1n) is 6.35. The molecular formula is C13H22N2O2. The van der Waals surface area contributed by atoms with Crippen LogP contribution in [0.2, 0.25) is 0 Å². The Morgan fingerprint density at radius 1 is 1.47 bits per heavy atom. The molecule has 0 aromatic carbocycles. The first kappa shape index (κ1) is 14.0. The Kier molecular flexibility index (Phi) is 7.44. The van der Waals surface area contributed by atoms with E-state index in [0.29, 0.717) is 32.1 Å². The minimum absolute atomic E-state index is 0.0518. The molecule has 2 N–H and O–H groups in total. The Morgan fingerprint density at radius 3 is 2.94 bits per heavy atom. The fourth-order valence-electron chi connectivity index (χ4n) is 1.79. The number of ether oxygens (including phenoxy) is 1. The quantitative estimate of drug-likeness (QED) is 0.506. The minimum Gasteiger partial charge on any atom is -0.378 e. The molecule has 0 aromatic heterocycles. The normalized spacial score (nSPS) is 16.4. The van der Waals surface area contributed by atoms with Gasteiger partial charge < -0.3 is 15.4 Å². The second-order valence-corrected chi connectivity index (χ2v) is 4.23. The molecular weight excluding hydrogens is 216 g/mol. The van der Waals surface area contributed by atoms with Crippen LogP contribution in [0.15, 0.2) is 0 Å². The summed E-state index contributed by atoms with van der Waals surface area (Å²) in [5.41, 5.74) is 0. The van der Waals surface area contributed by atoms with Crippen LogP contribution in [-0.2, 0) is 9.53 Å². The molecule has 0 radical (unpaired) electrons. The van der Waals surface area contributed by atoms with Crippen molar-refractivity contribution in [2.45, 2.75) is 38.2 Å². The molecule has 1 rings (SSSR count). The van der Waals surface area contributed by atoms with Crippen molar-refractivity contribution in [2.75, 3.05) is 26.2 Å². The highest BCUT2D eigenvalue weighted by Crippen LogP contribution is 2.07. The number of piperidine rings is 1. The van der Waals surface area contributed by atoms with Gasteiger partial charge in [0, 0.05) is 19.4 Å². The SMILES string of the molecule is C#CCCCNC(=O)CCOC1CCNCC1. The van der Waals surface area contributed by atoms with Crippen molar-refractivity contribution >= 4 is 5.91 Å². The van der Waals surface area contributed by atoms with E-state index in [1.54, 1.807) is 0 Å². The standard InChI is InChI=1S/C13H22N2O2/c1-2-3-4-8-15-13(16)7-11-17-12-5-9-14-10-6-12/h1,12,14H,3-11H2,(H,15,16). The molecule has 4 nitrogen and oxygen atoms in total.